The average Bonchev–Trinajstić information content (AvgIpc) is 3.23. The number of hydrogen-bond donors (Lipinski definition) is 3. The summed E-state index contributed by atoms with van der Waals surface area (Å²) >= 11 is 0. The first kappa shape index (κ1) is 27.0. The largest absolute Gasteiger partial charge is 0.479 e. The van der Waals surface area contributed by atoms with Crippen molar-refractivity contribution in [2.75, 3.05) is 6.61 Å². The Kier molecular flexibility index (Phi) is 6.35. The van der Waals surface area contributed by atoms with Crippen LogP contribution in [0.25, 0.3) is 11.1 Å². The molecule has 0 aromatic heterocycles. The van der Waals surface area contributed by atoms with E-state index in [9.17, 15) is 19.5 Å². The minimum Gasteiger partial charge on any atom is -0.479 e. The van der Waals surface area contributed by atoms with Crippen LogP contribution in [0, 0.1) is 23.2 Å². The Labute approximate surface area is 234 Å². The van der Waals surface area contributed by atoms with Gasteiger partial charge in [0.15, 0.2) is 0 Å². The summed E-state index contributed by atoms with van der Waals surface area (Å²) in [6.07, 6.45) is 6.63. The molecule has 5 aliphatic rings. The summed E-state index contributed by atoms with van der Waals surface area (Å²) in [4.78, 5) is 39.1. The second-order valence-corrected chi connectivity index (χ2v) is 13.1. The minimum atomic E-state index is -2.80. The van der Waals surface area contributed by atoms with Crippen molar-refractivity contribution >= 4 is 17.9 Å². The fraction of sp³-hybridized carbons (Fsp3) is 0.531. The summed E-state index contributed by atoms with van der Waals surface area (Å²) in [5, 5.41) is 10.0. The molecule has 2 atom stereocenters. The van der Waals surface area contributed by atoms with Gasteiger partial charge in [-0.3, -0.25) is 4.79 Å². The van der Waals surface area contributed by atoms with E-state index in [1.165, 1.54) is 19.3 Å². The molecule has 4 bridgehead atoms. The fourth-order valence-corrected chi connectivity index (χ4v) is 8.52. The highest BCUT2D eigenvalue weighted by atomic mass is 16.6. The standard InChI is InChI=1S/C32H38N2O6/c1-30(2,31-14-18-11-19(15-31)13-20(12-18)16-31)40-27(35)26(33)32(34,28(36)37)29(38)39-17-25-23-9-5-3-7-21(23)22-8-4-6-10-24(22)25/h3-10,18-20,25-26H,11-17,33-34H2,1-2H3,(H,36,37). The zero-order valence-electron chi connectivity index (χ0n) is 23.1. The van der Waals surface area contributed by atoms with Crippen molar-refractivity contribution in [3.63, 3.8) is 0 Å². The Morgan fingerprint density at radius 3 is 1.88 bits per heavy atom. The predicted octanol–water partition coefficient (Wildman–Crippen LogP) is 3.99. The van der Waals surface area contributed by atoms with Crippen molar-refractivity contribution in [1.29, 1.82) is 0 Å². The van der Waals surface area contributed by atoms with E-state index in [1.54, 1.807) is 0 Å². The number of fused-ring (bicyclic) bond motifs is 3. The van der Waals surface area contributed by atoms with Gasteiger partial charge in [-0.1, -0.05) is 48.5 Å². The first-order valence-electron chi connectivity index (χ1n) is 14.3. The number of aliphatic carboxylic acids is 1. The van der Waals surface area contributed by atoms with Gasteiger partial charge >= 0.3 is 17.9 Å². The third kappa shape index (κ3) is 4.06. The van der Waals surface area contributed by atoms with Gasteiger partial charge in [-0.25, -0.2) is 9.59 Å². The van der Waals surface area contributed by atoms with E-state index in [0.717, 1.165) is 41.5 Å². The van der Waals surface area contributed by atoms with Crippen molar-refractivity contribution in [2.45, 2.75) is 75.5 Å². The number of rotatable bonds is 8. The van der Waals surface area contributed by atoms with Crippen molar-refractivity contribution in [1.82, 2.24) is 0 Å². The quantitative estimate of drug-likeness (QED) is 0.333. The molecule has 2 aromatic rings. The third-order valence-electron chi connectivity index (χ3n) is 10.5. The smallest absolute Gasteiger partial charge is 0.340 e. The van der Waals surface area contributed by atoms with Gasteiger partial charge < -0.3 is 26.0 Å². The molecule has 2 unspecified atom stereocenters. The van der Waals surface area contributed by atoms with Crippen LogP contribution in [0.1, 0.15) is 69.4 Å². The molecule has 0 spiro atoms. The molecule has 8 nitrogen and oxygen atoms in total. The number of carbonyl (C=O) groups excluding carboxylic acids is 2. The molecule has 0 aliphatic heterocycles. The van der Waals surface area contributed by atoms with Gasteiger partial charge in [0, 0.05) is 11.3 Å². The highest BCUT2D eigenvalue weighted by Gasteiger charge is 2.60. The highest BCUT2D eigenvalue weighted by Crippen LogP contribution is 2.64. The van der Waals surface area contributed by atoms with Gasteiger partial charge in [-0.05, 0) is 92.4 Å². The number of carbonyl (C=O) groups is 3. The number of nitrogens with two attached hydrogens (primary N) is 2. The van der Waals surface area contributed by atoms with Crippen LogP contribution in [0.15, 0.2) is 48.5 Å². The number of carboxylic acid groups (broad SMARTS) is 1. The maximum absolute atomic E-state index is 13.4. The summed E-state index contributed by atoms with van der Waals surface area (Å²) < 4.78 is 11.5. The maximum Gasteiger partial charge on any atom is 0.340 e. The Balaban J connectivity index is 1.18. The van der Waals surface area contributed by atoms with Crippen molar-refractivity contribution < 1.29 is 29.0 Å². The average molecular weight is 547 g/mol. The zero-order valence-corrected chi connectivity index (χ0v) is 23.1. The second-order valence-electron chi connectivity index (χ2n) is 13.1. The molecular formula is C32H38N2O6. The highest BCUT2D eigenvalue weighted by molar-refractivity contribution is 6.09. The predicted molar refractivity (Wildman–Crippen MR) is 148 cm³/mol. The topological polar surface area (TPSA) is 142 Å². The number of carboxylic acids is 1. The second kappa shape index (κ2) is 9.42. The van der Waals surface area contributed by atoms with E-state index in [-0.39, 0.29) is 17.9 Å². The first-order valence-corrected chi connectivity index (χ1v) is 14.3. The molecule has 0 amide bonds. The zero-order chi connectivity index (χ0) is 28.4. The summed E-state index contributed by atoms with van der Waals surface area (Å²) in [6.45, 7) is 3.63. The van der Waals surface area contributed by atoms with E-state index in [4.69, 9.17) is 20.9 Å². The molecule has 4 fully saturated rings. The van der Waals surface area contributed by atoms with Crippen LogP contribution in [0.4, 0.5) is 0 Å². The number of ether oxygens (including phenoxy) is 2. The normalized spacial score (nSPS) is 28.8. The Morgan fingerprint density at radius 2 is 1.40 bits per heavy atom. The molecule has 40 heavy (non-hydrogen) atoms. The SMILES string of the molecule is CC(C)(OC(=O)C(N)C(N)(C(=O)O)C(=O)OCC1c2ccccc2-c2ccccc21)C12CC3CC(CC(C3)C1)C2. The van der Waals surface area contributed by atoms with Gasteiger partial charge in [-0.15, -0.1) is 0 Å². The molecule has 212 valence electrons. The van der Waals surface area contributed by atoms with Crippen LogP contribution in [0.3, 0.4) is 0 Å². The van der Waals surface area contributed by atoms with Crippen LogP contribution in [-0.4, -0.2) is 46.8 Å². The van der Waals surface area contributed by atoms with E-state index in [1.807, 2.05) is 62.4 Å². The molecule has 8 heteroatoms. The lowest BCUT2D eigenvalue weighted by Gasteiger charge is -2.61. The van der Waals surface area contributed by atoms with Crippen molar-refractivity contribution in [3.8, 4) is 11.1 Å². The molecule has 0 radical (unpaired) electrons. The summed E-state index contributed by atoms with van der Waals surface area (Å²) in [5.74, 6) is -2.41. The number of benzene rings is 2. The van der Waals surface area contributed by atoms with Gasteiger partial charge in [0.1, 0.15) is 18.2 Å². The lowest BCUT2D eigenvalue weighted by atomic mass is 9.46. The number of hydrogen-bond acceptors (Lipinski definition) is 7. The van der Waals surface area contributed by atoms with Gasteiger partial charge in [0.05, 0.1) is 0 Å². The Hall–Kier alpha value is -3.23. The molecule has 4 saturated carbocycles. The third-order valence-corrected chi connectivity index (χ3v) is 10.5. The van der Waals surface area contributed by atoms with Crippen LogP contribution in [0.2, 0.25) is 0 Å². The van der Waals surface area contributed by atoms with Crippen LogP contribution < -0.4 is 11.5 Å². The lowest BCUT2D eigenvalue weighted by Crippen LogP contribution is -2.70. The van der Waals surface area contributed by atoms with E-state index >= 15 is 0 Å². The monoisotopic (exact) mass is 546 g/mol. The van der Waals surface area contributed by atoms with Crippen LogP contribution in [0.5, 0.6) is 0 Å². The van der Waals surface area contributed by atoms with Crippen LogP contribution >= 0.6 is 0 Å². The molecular weight excluding hydrogens is 508 g/mol. The van der Waals surface area contributed by atoms with E-state index < -0.39 is 35.1 Å². The molecule has 5 N–H and O–H groups in total. The Morgan fingerprint density at radius 1 is 0.925 bits per heavy atom. The Bertz CT molecular complexity index is 1290. The van der Waals surface area contributed by atoms with E-state index in [2.05, 4.69) is 0 Å². The summed E-state index contributed by atoms with van der Waals surface area (Å²) in [7, 11) is 0. The molecule has 7 rings (SSSR count). The summed E-state index contributed by atoms with van der Waals surface area (Å²) in [6, 6.07) is 13.7. The van der Waals surface area contributed by atoms with E-state index in [0.29, 0.717) is 17.8 Å². The van der Waals surface area contributed by atoms with Crippen LogP contribution in [-0.2, 0) is 23.9 Å². The minimum absolute atomic E-state index is 0.139. The molecule has 5 aliphatic carbocycles. The number of esters is 2. The lowest BCUT2D eigenvalue weighted by molar-refractivity contribution is -0.202. The van der Waals surface area contributed by atoms with Gasteiger partial charge in [-0.2, -0.15) is 0 Å². The maximum atomic E-state index is 13.4. The molecule has 2 aromatic carbocycles. The fourth-order valence-electron chi connectivity index (χ4n) is 8.52. The first-order chi connectivity index (χ1) is 18.9. The summed E-state index contributed by atoms with van der Waals surface area (Å²) in [5.41, 5.74) is 12.4. The molecule has 0 saturated heterocycles. The van der Waals surface area contributed by atoms with Crippen molar-refractivity contribution in [2.24, 2.45) is 34.6 Å². The van der Waals surface area contributed by atoms with Crippen molar-refractivity contribution in [3.05, 3.63) is 59.7 Å². The molecule has 0 heterocycles. The van der Waals surface area contributed by atoms with Gasteiger partial charge in [0.25, 0.3) is 0 Å². The van der Waals surface area contributed by atoms with Gasteiger partial charge in [0.2, 0.25) is 5.54 Å².